The normalized spacial score (nSPS) is 9.47. The van der Waals surface area contributed by atoms with Gasteiger partial charge in [0.15, 0.2) is 0 Å². The molecule has 0 aromatic rings. The molecule has 0 aliphatic carbocycles. The lowest BCUT2D eigenvalue weighted by Gasteiger charge is -2.14. The van der Waals surface area contributed by atoms with Crippen molar-refractivity contribution in [3.05, 3.63) is 0 Å². The number of amides is 2. The van der Waals surface area contributed by atoms with E-state index < -0.39 is 11.9 Å². The van der Waals surface area contributed by atoms with E-state index in [4.69, 9.17) is 5.11 Å². The van der Waals surface area contributed by atoms with Crippen molar-refractivity contribution >= 4 is 17.8 Å². The summed E-state index contributed by atoms with van der Waals surface area (Å²) in [4.78, 5) is 33.8. The number of likely N-dealkylation sites (N-methyl/N-ethyl adjacent to an activating group) is 1. The van der Waals surface area contributed by atoms with E-state index in [-0.39, 0.29) is 25.3 Å². The van der Waals surface area contributed by atoms with Crippen molar-refractivity contribution in [3.63, 3.8) is 0 Å². The largest absolute Gasteiger partial charge is 0.481 e. The standard InChI is InChI=1S/C9H16N2O4/c1-3-11(2)8(13)6-10-7(12)4-5-9(14)15/h3-6H2,1-2H3,(H,10,12)(H,14,15). The molecule has 0 saturated carbocycles. The third-order valence-corrected chi connectivity index (χ3v) is 1.90. The maximum absolute atomic E-state index is 11.2. The van der Waals surface area contributed by atoms with Crippen molar-refractivity contribution in [2.24, 2.45) is 0 Å². The average molecular weight is 216 g/mol. The Bertz CT molecular complexity index is 252. The van der Waals surface area contributed by atoms with E-state index in [9.17, 15) is 14.4 Å². The first-order valence-corrected chi connectivity index (χ1v) is 4.69. The van der Waals surface area contributed by atoms with Crippen LogP contribution in [0.1, 0.15) is 19.8 Å². The zero-order valence-corrected chi connectivity index (χ0v) is 8.95. The number of carboxylic acids is 1. The molecule has 0 radical (unpaired) electrons. The zero-order chi connectivity index (χ0) is 11.8. The Labute approximate surface area is 88.2 Å². The van der Waals surface area contributed by atoms with Crippen LogP contribution in [0.15, 0.2) is 0 Å². The molecule has 0 heterocycles. The first-order chi connectivity index (χ1) is 6.97. The fourth-order valence-corrected chi connectivity index (χ4v) is 0.794. The number of carbonyl (C=O) groups excluding carboxylic acids is 2. The van der Waals surface area contributed by atoms with Crippen molar-refractivity contribution < 1.29 is 19.5 Å². The number of carboxylic acid groups (broad SMARTS) is 1. The van der Waals surface area contributed by atoms with Crippen LogP contribution in [0.25, 0.3) is 0 Å². The molecule has 0 rings (SSSR count). The molecule has 0 bridgehead atoms. The highest BCUT2D eigenvalue weighted by molar-refractivity contribution is 5.86. The maximum Gasteiger partial charge on any atom is 0.303 e. The van der Waals surface area contributed by atoms with Crippen LogP contribution >= 0.6 is 0 Å². The molecule has 6 nitrogen and oxygen atoms in total. The highest BCUT2D eigenvalue weighted by Crippen LogP contribution is 1.89. The lowest BCUT2D eigenvalue weighted by atomic mass is 10.3. The van der Waals surface area contributed by atoms with Crippen LogP contribution in [0.5, 0.6) is 0 Å². The highest BCUT2D eigenvalue weighted by Gasteiger charge is 2.09. The first-order valence-electron chi connectivity index (χ1n) is 4.69. The van der Waals surface area contributed by atoms with Gasteiger partial charge in [0.1, 0.15) is 0 Å². The van der Waals surface area contributed by atoms with Crippen LogP contribution in [0.4, 0.5) is 0 Å². The lowest BCUT2D eigenvalue weighted by molar-refractivity contribution is -0.139. The number of aliphatic carboxylic acids is 1. The summed E-state index contributed by atoms with van der Waals surface area (Å²) in [6, 6.07) is 0. The molecule has 86 valence electrons. The summed E-state index contributed by atoms with van der Waals surface area (Å²) in [5.41, 5.74) is 0. The van der Waals surface area contributed by atoms with Gasteiger partial charge in [-0.15, -0.1) is 0 Å². The van der Waals surface area contributed by atoms with Crippen LogP contribution in [0.3, 0.4) is 0 Å². The van der Waals surface area contributed by atoms with E-state index in [1.165, 1.54) is 4.90 Å². The molecule has 2 N–H and O–H groups in total. The Morgan fingerprint density at radius 2 is 1.87 bits per heavy atom. The summed E-state index contributed by atoms with van der Waals surface area (Å²) in [5, 5.41) is 10.7. The summed E-state index contributed by atoms with van der Waals surface area (Å²) in [6.07, 6.45) is -0.317. The minimum absolute atomic E-state index is 0.0806. The number of hydrogen-bond donors (Lipinski definition) is 2. The second kappa shape index (κ2) is 6.80. The predicted octanol–water partition coefficient (Wildman–Crippen LogP) is -0.554. The molecule has 2 amide bonds. The van der Waals surface area contributed by atoms with Gasteiger partial charge in [-0.25, -0.2) is 0 Å². The topological polar surface area (TPSA) is 86.7 Å². The second-order valence-electron chi connectivity index (χ2n) is 3.08. The van der Waals surface area contributed by atoms with Crippen LogP contribution in [-0.4, -0.2) is 47.9 Å². The van der Waals surface area contributed by atoms with E-state index in [2.05, 4.69) is 5.32 Å². The number of hydrogen-bond acceptors (Lipinski definition) is 3. The van der Waals surface area contributed by atoms with E-state index in [1.807, 2.05) is 6.92 Å². The third-order valence-electron chi connectivity index (χ3n) is 1.90. The summed E-state index contributed by atoms with van der Waals surface area (Å²) in [5.74, 6) is -1.64. The number of nitrogens with zero attached hydrogens (tertiary/aromatic N) is 1. The van der Waals surface area contributed by atoms with E-state index in [0.717, 1.165) is 0 Å². The molecule has 0 spiro atoms. The maximum atomic E-state index is 11.2. The van der Waals surface area contributed by atoms with Gasteiger partial charge in [-0.3, -0.25) is 14.4 Å². The predicted molar refractivity (Wildman–Crippen MR) is 53.2 cm³/mol. The molecule has 15 heavy (non-hydrogen) atoms. The minimum atomic E-state index is -1.03. The van der Waals surface area contributed by atoms with E-state index >= 15 is 0 Å². The Morgan fingerprint density at radius 3 is 2.33 bits per heavy atom. The monoisotopic (exact) mass is 216 g/mol. The van der Waals surface area contributed by atoms with Gasteiger partial charge in [-0.1, -0.05) is 0 Å². The van der Waals surface area contributed by atoms with Crippen molar-refractivity contribution in [3.8, 4) is 0 Å². The minimum Gasteiger partial charge on any atom is -0.481 e. The van der Waals surface area contributed by atoms with Crippen molar-refractivity contribution in [2.75, 3.05) is 20.1 Å². The van der Waals surface area contributed by atoms with Gasteiger partial charge in [0.2, 0.25) is 11.8 Å². The number of carbonyl (C=O) groups is 3. The number of rotatable bonds is 6. The Balaban J connectivity index is 3.71. The highest BCUT2D eigenvalue weighted by atomic mass is 16.4. The number of nitrogens with one attached hydrogen (secondary N) is 1. The summed E-state index contributed by atoms with van der Waals surface area (Å²) in [7, 11) is 1.63. The summed E-state index contributed by atoms with van der Waals surface area (Å²) < 4.78 is 0. The molecule has 0 atom stereocenters. The van der Waals surface area contributed by atoms with Gasteiger partial charge in [0.05, 0.1) is 13.0 Å². The Hall–Kier alpha value is -1.59. The Kier molecular flexibility index (Phi) is 6.08. The van der Waals surface area contributed by atoms with Gasteiger partial charge >= 0.3 is 5.97 Å². The molecule has 0 aromatic heterocycles. The second-order valence-corrected chi connectivity index (χ2v) is 3.08. The molecule has 0 fully saturated rings. The molecular formula is C9H16N2O4. The van der Waals surface area contributed by atoms with Gasteiger partial charge < -0.3 is 15.3 Å². The molecule has 0 saturated heterocycles. The first kappa shape index (κ1) is 13.4. The van der Waals surface area contributed by atoms with E-state index in [0.29, 0.717) is 6.54 Å². The SMILES string of the molecule is CCN(C)C(=O)CNC(=O)CCC(=O)O. The fraction of sp³-hybridized carbons (Fsp3) is 0.667. The van der Waals surface area contributed by atoms with Gasteiger partial charge in [0.25, 0.3) is 0 Å². The van der Waals surface area contributed by atoms with Crippen LogP contribution < -0.4 is 5.32 Å². The molecule has 0 aliphatic heterocycles. The average Bonchev–Trinajstić information content (AvgIpc) is 2.21. The van der Waals surface area contributed by atoms with Crippen molar-refractivity contribution in [2.45, 2.75) is 19.8 Å². The zero-order valence-electron chi connectivity index (χ0n) is 8.95. The van der Waals surface area contributed by atoms with Gasteiger partial charge in [-0.05, 0) is 6.92 Å². The van der Waals surface area contributed by atoms with E-state index in [1.54, 1.807) is 7.05 Å². The lowest BCUT2D eigenvalue weighted by Crippen LogP contribution is -2.38. The fourth-order valence-electron chi connectivity index (χ4n) is 0.794. The van der Waals surface area contributed by atoms with Crippen LogP contribution in [0.2, 0.25) is 0 Å². The van der Waals surface area contributed by atoms with Crippen LogP contribution in [0, 0.1) is 0 Å². The quantitative estimate of drug-likeness (QED) is 0.623. The van der Waals surface area contributed by atoms with Gasteiger partial charge in [0, 0.05) is 20.0 Å². The summed E-state index contributed by atoms with van der Waals surface area (Å²) >= 11 is 0. The molecule has 0 aromatic carbocycles. The third kappa shape index (κ3) is 6.48. The van der Waals surface area contributed by atoms with Crippen molar-refractivity contribution in [1.29, 1.82) is 0 Å². The van der Waals surface area contributed by atoms with Gasteiger partial charge in [-0.2, -0.15) is 0 Å². The molecule has 0 aliphatic rings. The summed E-state index contributed by atoms with van der Waals surface area (Å²) in [6.45, 7) is 2.32. The Morgan fingerprint density at radius 1 is 1.27 bits per heavy atom. The molecular weight excluding hydrogens is 200 g/mol. The molecule has 0 unspecified atom stereocenters. The van der Waals surface area contributed by atoms with Crippen LogP contribution in [-0.2, 0) is 14.4 Å². The smallest absolute Gasteiger partial charge is 0.303 e. The van der Waals surface area contributed by atoms with Crippen molar-refractivity contribution in [1.82, 2.24) is 10.2 Å². The molecule has 6 heteroatoms.